The summed E-state index contributed by atoms with van der Waals surface area (Å²) in [7, 11) is 3.75. The van der Waals surface area contributed by atoms with Gasteiger partial charge in [-0.1, -0.05) is 29.8 Å². The number of rotatable bonds is 8. The van der Waals surface area contributed by atoms with Gasteiger partial charge in [0.1, 0.15) is 16.5 Å². The number of aliphatic hydroxyl groups is 1. The van der Waals surface area contributed by atoms with Crippen molar-refractivity contribution in [1.29, 1.82) is 0 Å². The summed E-state index contributed by atoms with van der Waals surface area (Å²) < 4.78 is 1.82. The standard InChI is InChI=1S/C24H27N5O3S/c1-15-4-6-16(7-5-15)9-26-23(32)19-12-29(3)24-18(22(19)31)8-17(33-24)11-28(2)13-21(30)20-10-25-14-27-20/h4-8,10,12,14,21,30H,9,11,13H2,1-3H3,(H,25,27)(H,26,32). The zero-order chi connectivity index (χ0) is 23.5. The van der Waals surface area contributed by atoms with Crippen LogP contribution in [-0.4, -0.2) is 44.0 Å². The van der Waals surface area contributed by atoms with Crippen molar-refractivity contribution in [2.45, 2.75) is 26.1 Å². The van der Waals surface area contributed by atoms with Gasteiger partial charge in [0.15, 0.2) is 0 Å². The topological polar surface area (TPSA) is 103 Å². The predicted molar refractivity (Wildman–Crippen MR) is 129 cm³/mol. The number of aliphatic hydroxyl groups excluding tert-OH is 1. The Balaban J connectivity index is 1.49. The second-order valence-corrected chi connectivity index (χ2v) is 9.42. The number of aromatic nitrogens is 3. The van der Waals surface area contributed by atoms with Crippen LogP contribution in [0, 0.1) is 6.92 Å². The molecule has 9 heteroatoms. The highest BCUT2D eigenvalue weighted by Crippen LogP contribution is 2.25. The number of imidazole rings is 1. The number of nitrogens with zero attached hydrogens (tertiary/aromatic N) is 3. The zero-order valence-electron chi connectivity index (χ0n) is 18.8. The van der Waals surface area contributed by atoms with Gasteiger partial charge in [-0.05, 0) is 25.6 Å². The Morgan fingerprint density at radius 1 is 1.33 bits per heavy atom. The lowest BCUT2D eigenvalue weighted by Gasteiger charge is -2.18. The Bertz CT molecular complexity index is 1310. The minimum atomic E-state index is -0.679. The van der Waals surface area contributed by atoms with Gasteiger partial charge in [-0.3, -0.25) is 14.5 Å². The van der Waals surface area contributed by atoms with E-state index in [4.69, 9.17) is 0 Å². The summed E-state index contributed by atoms with van der Waals surface area (Å²) in [5.74, 6) is -0.384. The number of aryl methyl sites for hydroxylation is 2. The Morgan fingerprint density at radius 3 is 2.79 bits per heavy atom. The third kappa shape index (κ3) is 5.22. The van der Waals surface area contributed by atoms with Gasteiger partial charge in [-0.15, -0.1) is 11.3 Å². The zero-order valence-corrected chi connectivity index (χ0v) is 19.6. The lowest BCUT2D eigenvalue weighted by Crippen LogP contribution is -2.29. The monoisotopic (exact) mass is 465 g/mol. The molecule has 0 spiro atoms. The minimum absolute atomic E-state index is 0.129. The largest absolute Gasteiger partial charge is 0.385 e. The van der Waals surface area contributed by atoms with Gasteiger partial charge in [-0.2, -0.15) is 0 Å². The number of nitrogens with one attached hydrogen (secondary N) is 2. The number of carbonyl (C=O) groups excluding carboxylic acids is 1. The molecule has 3 N–H and O–H groups in total. The van der Waals surface area contributed by atoms with Crippen molar-refractivity contribution in [2.75, 3.05) is 13.6 Å². The lowest BCUT2D eigenvalue weighted by atomic mass is 10.1. The van der Waals surface area contributed by atoms with Crippen molar-refractivity contribution >= 4 is 27.5 Å². The Hall–Kier alpha value is -3.27. The van der Waals surface area contributed by atoms with Crippen LogP contribution in [0.5, 0.6) is 0 Å². The molecule has 1 unspecified atom stereocenters. The molecule has 1 amide bonds. The summed E-state index contributed by atoms with van der Waals surface area (Å²) in [6.45, 7) is 3.35. The fourth-order valence-electron chi connectivity index (χ4n) is 3.71. The predicted octanol–water partition coefficient (Wildman–Crippen LogP) is 2.73. The quantitative estimate of drug-likeness (QED) is 0.371. The van der Waals surface area contributed by atoms with Crippen LogP contribution in [0.1, 0.15) is 38.2 Å². The number of aromatic amines is 1. The van der Waals surface area contributed by atoms with Gasteiger partial charge in [0.25, 0.3) is 5.91 Å². The molecule has 0 radical (unpaired) electrons. The molecule has 172 valence electrons. The van der Waals surface area contributed by atoms with Crippen molar-refractivity contribution in [1.82, 2.24) is 24.8 Å². The molecular weight excluding hydrogens is 438 g/mol. The van der Waals surface area contributed by atoms with E-state index in [1.165, 1.54) is 17.7 Å². The van der Waals surface area contributed by atoms with Crippen molar-refractivity contribution in [3.63, 3.8) is 0 Å². The number of amides is 1. The van der Waals surface area contributed by atoms with E-state index < -0.39 is 6.10 Å². The van der Waals surface area contributed by atoms with Crippen LogP contribution in [0.4, 0.5) is 0 Å². The number of pyridine rings is 1. The second-order valence-electron chi connectivity index (χ2n) is 8.30. The van der Waals surface area contributed by atoms with Gasteiger partial charge in [0.2, 0.25) is 5.43 Å². The number of H-pyrrole nitrogens is 1. The summed E-state index contributed by atoms with van der Waals surface area (Å²) in [4.78, 5) is 36.5. The molecule has 4 rings (SSSR count). The summed E-state index contributed by atoms with van der Waals surface area (Å²) in [5, 5.41) is 13.7. The minimum Gasteiger partial charge on any atom is -0.385 e. The van der Waals surface area contributed by atoms with E-state index in [1.54, 1.807) is 12.4 Å². The van der Waals surface area contributed by atoms with Gasteiger partial charge in [0.05, 0.1) is 23.6 Å². The third-order valence-electron chi connectivity index (χ3n) is 5.50. The number of hydrogen-bond acceptors (Lipinski definition) is 6. The van der Waals surface area contributed by atoms with Crippen molar-refractivity contribution in [3.05, 3.63) is 86.5 Å². The van der Waals surface area contributed by atoms with Gasteiger partial charge >= 0.3 is 0 Å². The van der Waals surface area contributed by atoms with Crippen LogP contribution in [0.25, 0.3) is 10.2 Å². The number of carbonyl (C=O) groups is 1. The first-order valence-electron chi connectivity index (χ1n) is 10.6. The van der Waals surface area contributed by atoms with Crippen LogP contribution in [0.15, 0.2) is 53.8 Å². The van der Waals surface area contributed by atoms with E-state index in [0.717, 1.165) is 20.8 Å². The average Bonchev–Trinajstić information content (AvgIpc) is 3.46. The highest BCUT2D eigenvalue weighted by molar-refractivity contribution is 7.18. The summed E-state index contributed by atoms with van der Waals surface area (Å²) in [5.41, 5.74) is 2.65. The van der Waals surface area contributed by atoms with Crippen LogP contribution < -0.4 is 10.7 Å². The van der Waals surface area contributed by atoms with Crippen LogP contribution in [0.3, 0.4) is 0 Å². The molecule has 0 fully saturated rings. The molecule has 1 atom stereocenters. The summed E-state index contributed by atoms with van der Waals surface area (Å²) in [6.07, 6.45) is 4.06. The lowest BCUT2D eigenvalue weighted by molar-refractivity contribution is 0.0949. The number of likely N-dealkylation sites (N-methyl/N-ethyl adjacent to an activating group) is 1. The number of thiophene rings is 1. The fourth-order valence-corrected chi connectivity index (χ4v) is 4.88. The van der Waals surface area contributed by atoms with Gasteiger partial charge < -0.3 is 20.0 Å². The van der Waals surface area contributed by atoms with Crippen molar-refractivity contribution in [3.8, 4) is 0 Å². The molecule has 4 aromatic rings. The number of hydrogen-bond donors (Lipinski definition) is 3. The molecule has 0 bridgehead atoms. The fraction of sp³-hybridized carbons (Fsp3) is 0.292. The molecule has 3 aromatic heterocycles. The van der Waals surface area contributed by atoms with E-state index in [1.807, 2.05) is 60.8 Å². The molecule has 8 nitrogen and oxygen atoms in total. The third-order valence-corrected chi connectivity index (χ3v) is 6.71. The highest BCUT2D eigenvalue weighted by atomic mass is 32.1. The SMILES string of the molecule is Cc1ccc(CNC(=O)c2cn(C)c3sc(CN(C)CC(O)c4cnc[nH]4)cc3c2=O)cc1. The maximum atomic E-state index is 13.1. The molecular formula is C24H27N5O3S. The molecule has 0 aliphatic carbocycles. The molecule has 0 aliphatic rings. The van der Waals surface area contributed by atoms with Crippen LogP contribution in [-0.2, 0) is 20.1 Å². The molecule has 0 aliphatic heterocycles. The van der Waals surface area contributed by atoms with Crippen molar-refractivity contribution in [2.24, 2.45) is 7.05 Å². The normalized spacial score (nSPS) is 12.4. The second kappa shape index (κ2) is 9.70. The van der Waals surface area contributed by atoms with Gasteiger partial charge in [0, 0.05) is 37.8 Å². The highest BCUT2D eigenvalue weighted by Gasteiger charge is 2.18. The first-order chi connectivity index (χ1) is 15.8. The van der Waals surface area contributed by atoms with E-state index in [-0.39, 0.29) is 16.9 Å². The Labute approximate surface area is 195 Å². The van der Waals surface area contributed by atoms with Crippen molar-refractivity contribution < 1.29 is 9.90 Å². The summed E-state index contributed by atoms with van der Waals surface area (Å²) in [6, 6.07) is 9.75. The maximum absolute atomic E-state index is 13.1. The molecule has 3 heterocycles. The Morgan fingerprint density at radius 2 is 2.09 bits per heavy atom. The molecule has 33 heavy (non-hydrogen) atoms. The van der Waals surface area contributed by atoms with Crippen LogP contribution in [0.2, 0.25) is 0 Å². The van der Waals surface area contributed by atoms with Crippen LogP contribution >= 0.6 is 11.3 Å². The number of benzene rings is 1. The number of fused-ring (bicyclic) bond motifs is 1. The summed E-state index contributed by atoms with van der Waals surface area (Å²) >= 11 is 1.51. The Kier molecular flexibility index (Phi) is 6.73. The van der Waals surface area contributed by atoms with E-state index >= 15 is 0 Å². The van der Waals surface area contributed by atoms with Gasteiger partial charge in [-0.25, -0.2) is 4.98 Å². The smallest absolute Gasteiger partial charge is 0.257 e. The van der Waals surface area contributed by atoms with E-state index in [2.05, 4.69) is 15.3 Å². The maximum Gasteiger partial charge on any atom is 0.257 e. The molecule has 0 saturated heterocycles. The molecule has 0 saturated carbocycles. The van der Waals surface area contributed by atoms with E-state index in [9.17, 15) is 14.7 Å². The van der Waals surface area contributed by atoms with E-state index in [0.29, 0.717) is 30.7 Å². The average molecular weight is 466 g/mol. The molecule has 1 aromatic carbocycles. The first kappa shape index (κ1) is 22.9. The first-order valence-corrected chi connectivity index (χ1v) is 11.4.